The first-order valence-electron chi connectivity index (χ1n) is 2.28. The average Bonchev–Trinajstić information content (AvgIpc) is 1.61. The van der Waals surface area contributed by atoms with E-state index in [4.69, 9.17) is 16.7 Å². The minimum absolute atomic E-state index is 0.561. The third-order valence-electron chi connectivity index (χ3n) is 0.654. The highest BCUT2D eigenvalue weighted by Gasteiger charge is 1.96. The lowest BCUT2D eigenvalue weighted by Crippen LogP contribution is -1.93. The van der Waals surface area contributed by atoms with Crippen LogP contribution in [0.15, 0.2) is 11.1 Å². The molecule has 0 aliphatic rings. The topological polar surface area (TPSA) is 20.2 Å². The quantitative estimate of drug-likeness (QED) is 0.691. The fourth-order valence-corrected chi connectivity index (χ4v) is 0.614. The first-order chi connectivity index (χ1) is 3.63. The molecule has 0 aliphatic carbocycles. The van der Waals surface area contributed by atoms with Crippen molar-refractivity contribution in [3.05, 3.63) is 11.1 Å². The summed E-state index contributed by atoms with van der Waals surface area (Å²) in [5.74, 6) is 0. The Morgan fingerprint density at radius 2 is 2.38 bits per heavy atom. The molecule has 0 spiro atoms. The molecular weight excluding hydrogens is 191 g/mol. The van der Waals surface area contributed by atoms with Crippen LogP contribution in [0.1, 0.15) is 12.8 Å². The van der Waals surface area contributed by atoms with Gasteiger partial charge in [0.05, 0.1) is 0 Å². The average molecular weight is 199 g/mol. The molecular formula is C5H8BrClO. The van der Waals surface area contributed by atoms with Gasteiger partial charge in [-0.1, -0.05) is 34.1 Å². The maximum Gasteiger partial charge on any atom is 0.128 e. The van der Waals surface area contributed by atoms with Crippen molar-refractivity contribution in [2.24, 2.45) is 0 Å². The molecule has 1 N–H and O–H groups in total. The molecule has 0 aromatic heterocycles. The van der Waals surface area contributed by atoms with E-state index in [1.54, 1.807) is 0 Å². The second kappa shape index (κ2) is 4.36. The van der Waals surface area contributed by atoms with E-state index in [0.29, 0.717) is 6.42 Å². The molecule has 0 saturated carbocycles. The van der Waals surface area contributed by atoms with E-state index >= 15 is 0 Å². The van der Waals surface area contributed by atoms with Gasteiger partial charge in [-0.25, -0.2) is 0 Å². The van der Waals surface area contributed by atoms with E-state index in [0.717, 1.165) is 10.9 Å². The van der Waals surface area contributed by atoms with Crippen LogP contribution in [0.4, 0.5) is 0 Å². The fourth-order valence-electron chi connectivity index (χ4n) is 0.276. The molecule has 0 saturated heterocycles. The van der Waals surface area contributed by atoms with Crippen molar-refractivity contribution < 1.29 is 5.11 Å². The highest BCUT2D eigenvalue weighted by Crippen LogP contribution is 2.12. The van der Waals surface area contributed by atoms with Crippen LogP contribution in [0, 0.1) is 0 Å². The Bertz CT molecular complexity index is 82.5. The lowest BCUT2D eigenvalue weighted by Gasteiger charge is -1.97. The van der Waals surface area contributed by atoms with Gasteiger partial charge in [0.1, 0.15) is 5.56 Å². The number of allylic oxidation sites excluding steroid dienone is 1. The number of alkyl halides is 1. The summed E-state index contributed by atoms with van der Waals surface area (Å²) < 4.78 is 0.872. The zero-order valence-corrected chi connectivity index (χ0v) is 6.74. The van der Waals surface area contributed by atoms with Crippen LogP contribution in [0.3, 0.4) is 0 Å². The summed E-state index contributed by atoms with van der Waals surface area (Å²) in [6, 6.07) is 0. The van der Waals surface area contributed by atoms with E-state index in [1.807, 2.05) is 0 Å². The van der Waals surface area contributed by atoms with E-state index < -0.39 is 5.56 Å². The number of halogens is 2. The molecule has 0 amide bonds. The van der Waals surface area contributed by atoms with Gasteiger partial charge < -0.3 is 5.11 Å². The van der Waals surface area contributed by atoms with Crippen molar-refractivity contribution in [2.75, 3.05) is 0 Å². The third-order valence-corrected chi connectivity index (χ3v) is 1.27. The van der Waals surface area contributed by atoms with Gasteiger partial charge in [0.15, 0.2) is 0 Å². The molecule has 0 aromatic rings. The largest absolute Gasteiger partial charge is 0.378 e. The van der Waals surface area contributed by atoms with Crippen molar-refractivity contribution in [3.8, 4) is 0 Å². The summed E-state index contributed by atoms with van der Waals surface area (Å²) in [5, 5.41) is 8.50. The van der Waals surface area contributed by atoms with Crippen molar-refractivity contribution in [2.45, 2.75) is 18.4 Å². The molecule has 1 unspecified atom stereocenters. The van der Waals surface area contributed by atoms with Gasteiger partial charge in [-0.2, -0.15) is 0 Å². The third kappa shape index (κ3) is 6.47. The zero-order chi connectivity index (χ0) is 6.57. The normalized spacial score (nSPS) is 13.4. The summed E-state index contributed by atoms with van der Waals surface area (Å²) >= 11 is 8.35. The van der Waals surface area contributed by atoms with E-state index in [2.05, 4.69) is 22.5 Å². The molecule has 1 atom stereocenters. The van der Waals surface area contributed by atoms with Gasteiger partial charge in [0, 0.05) is 0 Å². The predicted molar refractivity (Wildman–Crippen MR) is 39.2 cm³/mol. The molecule has 0 fully saturated rings. The molecule has 3 heteroatoms. The minimum atomic E-state index is -0.732. The highest BCUT2D eigenvalue weighted by atomic mass is 79.9. The number of hydrogen-bond acceptors (Lipinski definition) is 1. The monoisotopic (exact) mass is 198 g/mol. The van der Waals surface area contributed by atoms with Crippen molar-refractivity contribution in [1.82, 2.24) is 0 Å². The van der Waals surface area contributed by atoms with Crippen LogP contribution < -0.4 is 0 Å². The molecule has 0 bridgehead atoms. The summed E-state index contributed by atoms with van der Waals surface area (Å²) in [5.41, 5.74) is -0.732. The van der Waals surface area contributed by atoms with Crippen LogP contribution in [-0.4, -0.2) is 10.7 Å². The molecule has 8 heavy (non-hydrogen) atoms. The number of rotatable bonds is 3. The van der Waals surface area contributed by atoms with E-state index in [-0.39, 0.29) is 0 Å². The first kappa shape index (κ1) is 8.47. The van der Waals surface area contributed by atoms with Crippen LogP contribution in [0.5, 0.6) is 0 Å². The second-order valence-corrected chi connectivity index (χ2v) is 3.12. The molecule has 48 valence electrons. The maximum atomic E-state index is 8.50. The van der Waals surface area contributed by atoms with Crippen LogP contribution in [0.2, 0.25) is 0 Å². The van der Waals surface area contributed by atoms with Crippen LogP contribution in [0.25, 0.3) is 0 Å². The Labute approximate surface area is 62.5 Å². The van der Waals surface area contributed by atoms with Crippen LogP contribution in [-0.2, 0) is 0 Å². The summed E-state index contributed by atoms with van der Waals surface area (Å²) in [6.07, 6.45) is 1.29. The fraction of sp³-hybridized carbons (Fsp3) is 0.600. The van der Waals surface area contributed by atoms with Crippen molar-refractivity contribution >= 4 is 27.5 Å². The van der Waals surface area contributed by atoms with E-state index in [9.17, 15) is 0 Å². The number of aliphatic hydroxyl groups is 1. The number of hydrogen-bond donors (Lipinski definition) is 1. The van der Waals surface area contributed by atoms with Gasteiger partial charge in [0.25, 0.3) is 0 Å². The second-order valence-electron chi connectivity index (χ2n) is 1.49. The SMILES string of the molecule is C=C(Br)CCC(O)Cl. The summed E-state index contributed by atoms with van der Waals surface area (Å²) in [7, 11) is 0. The Morgan fingerprint density at radius 1 is 1.88 bits per heavy atom. The van der Waals surface area contributed by atoms with Gasteiger partial charge in [0.2, 0.25) is 0 Å². The number of aliphatic hydroxyl groups excluding tert-OH is 1. The van der Waals surface area contributed by atoms with Gasteiger partial charge in [-0.15, -0.1) is 0 Å². The molecule has 0 rings (SSSR count). The molecule has 1 nitrogen and oxygen atoms in total. The molecule has 0 aliphatic heterocycles. The smallest absolute Gasteiger partial charge is 0.128 e. The molecule has 0 heterocycles. The lowest BCUT2D eigenvalue weighted by atomic mass is 10.3. The predicted octanol–water partition coefficient (Wildman–Crippen LogP) is 2.23. The standard InChI is InChI=1S/C5H8BrClO/c1-4(6)2-3-5(7)8/h5,8H,1-3H2. The summed E-state index contributed by atoms with van der Waals surface area (Å²) in [4.78, 5) is 0. The van der Waals surface area contributed by atoms with Gasteiger partial charge in [-0.05, 0) is 17.3 Å². The minimum Gasteiger partial charge on any atom is -0.378 e. The Morgan fingerprint density at radius 3 is 2.50 bits per heavy atom. The summed E-state index contributed by atoms with van der Waals surface area (Å²) in [6.45, 7) is 3.57. The highest BCUT2D eigenvalue weighted by molar-refractivity contribution is 9.11. The maximum absolute atomic E-state index is 8.50. The first-order valence-corrected chi connectivity index (χ1v) is 3.51. The van der Waals surface area contributed by atoms with Crippen LogP contribution >= 0.6 is 27.5 Å². The van der Waals surface area contributed by atoms with Crippen molar-refractivity contribution in [1.29, 1.82) is 0 Å². The Hall–Kier alpha value is 0.470. The molecule has 0 aromatic carbocycles. The Kier molecular flexibility index (Phi) is 4.61. The lowest BCUT2D eigenvalue weighted by molar-refractivity contribution is 0.247. The van der Waals surface area contributed by atoms with Crippen molar-refractivity contribution in [3.63, 3.8) is 0 Å². The zero-order valence-electron chi connectivity index (χ0n) is 4.40. The molecule has 0 radical (unpaired) electrons. The van der Waals surface area contributed by atoms with E-state index in [1.165, 1.54) is 0 Å². The van der Waals surface area contributed by atoms with Gasteiger partial charge >= 0.3 is 0 Å². The Balaban J connectivity index is 3.05. The van der Waals surface area contributed by atoms with Gasteiger partial charge in [-0.3, -0.25) is 0 Å².